The summed E-state index contributed by atoms with van der Waals surface area (Å²) in [5, 5.41) is 8.12. The number of carbonyl (C=O) groups is 1. The SMILES string of the molecule is Cn1cnnc1C1CCCN(C(=O)C2(CN)CC2)C1. The van der Waals surface area contributed by atoms with Crippen LogP contribution in [0.3, 0.4) is 0 Å². The van der Waals surface area contributed by atoms with Gasteiger partial charge in [0.2, 0.25) is 5.91 Å². The molecule has 6 heteroatoms. The molecule has 1 aromatic rings. The van der Waals surface area contributed by atoms with E-state index in [-0.39, 0.29) is 11.3 Å². The van der Waals surface area contributed by atoms with Gasteiger partial charge in [-0.25, -0.2) is 0 Å². The fraction of sp³-hybridized carbons (Fsp3) is 0.769. The summed E-state index contributed by atoms with van der Waals surface area (Å²) >= 11 is 0. The van der Waals surface area contributed by atoms with Crippen molar-refractivity contribution in [3.05, 3.63) is 12.2 Å². The van der Waals surface area contributed by atoms with Gasteiger partial charge in [-0.15, -0.1) is 10.2 Å². The highest BCUT2D eigenvalue weighted by Crippen LogP contribution is 2.46. The van der Waals surface area contributed by atoms with Crippen LogP contribution in [0.2, 0.25) is 0 Å². The first-order valence-corrected chi connectivity index (χ1v) is 7.00. The Bertz CT molecular complexity index is 479. The molecule has 1 aliphatic carbocycles. The number of hydrogen-bond acceptors (Lipinski definition) is 4. The Kier molecular flexibility index (Phi) is 3.05. The van der Waals surface area contributed by atoms with Crippen molar-refractivity contribution in [1.29, 1.82) is 0 Å². The molecule has 2 N–H and O–H groups in total. The zero-order valence-electron chi connectivity index (χ0n) is 11.4. The summed E-state index contributed by atoms with van der Waals surface area (Å²) in [6, 6.07) is 0. The van der Waals surface area contributed by atoms with E-state index in [2.05, 4.69) is 10.2 Å². The molecule has 2 heterocycles. The minimum atomic E-state index is -0.234. The molecular weight excluding hydrogens is 242 g/mol. The predicted octanol–water partition coefficient (Wildman–Crippen LogP) is 0.260. The van der Waals surface area contributed by atoms with Crippen LogP contribution in [0, 0.1) is 5.41 Å². The van der Waals surface area contributed by atoms with Gasteiger partial charge in [0.05, 0.1) is 5.41 Å². The fourth-order valence-corrected chi connectivity index (χ4v) is 3.03. The summed E-state index contributed by atoms with van der Waals surface area (Å²) in [6.45, 7) is 2.10. The topological polar surface area (TPSA) is 77.0 Å². The normalized spacial score (nSPS) is 25.4. The second-order valence-electron chi connectivity index (χ2n) is 5.87. The maximum atomic E-state index is 12.5. The van der Waals surface area contributed by atoms with Gasteiger partial charge in [-0.2, -0.15) is 0 Å². The average molecular weight is 263 g/mol. The van der Waals surface area contributed by atoms with Crippen molar-refractivity contribution in [3.8, 4) is 0 Å². The number of aromatic nitrogens is 3. The number of nitrogens with two attached hydrogens (primary N) is 1. The Morgan fingerprint density at radius 1 is 1.58 bits per heavy atom. The predicted molar refractivity (Wildman–Crippen MR) is 70.3 cm³/mol. The Hall–Kier alpha value is -1.43. The Balaban J connectivity index is 1.72. The van der Waals surface area contributed by atoms with Gasteiger partial charge in [0.1, 0.15) is 12.2 Å². The Morgan fingerprint density at radius 3 is 2.95 bits per heavy atom. The lowest BCUT2D eigenvalue weighted by atomic mass is 9.95. The standard InChI is InChI=1S/C13H21N5O/c1-17-9-15-16-11(17)10-3-2-6-18(7-10)12(19)13(8-14)4-5-13/h9-10H,2-8,14H2,1H3. The first-order chi connectivity index (χ1) is 9.16. The average Bonchev–Trinajstić information content (AvgIpc) is 3.13. The molecule has 1 saturated carbocycles. The molecule has 2 fully saturated rings. The summed E-state index contributed by atoms with van der Waals surface area (Å²) in [4.78, 5) is 14.5. The molecule has 0 spiro atoms. The number of rotatable bonds is 3. The van der Waals surface area contributed by atoms with Gasteiger partial charge in [0, 0.05) is 32.6 Å². The number of likely N-dealkylation sites (tertiary alicyclic amines) is 1. The molecule has 1 atom stereocenters. The van der Waals surface area contributed by atoms with Gasteiger partial charge in [0.15, 0.2) is 0 Å². The fourth-order valence-electron chi connectivity index (χ4n) is 3.03. The van der Waals surface area contributed by atoms with Gasteiger partial charge >= 0.3 is 0 Å². The second kappa shape index (κ2) is 4.59. The highest BCUT2D eigenvalue weighted by atomic mass is 16.2. The van der Waals surface area contributed by atoms with E-state index in [1.54, 1.807) is 6.33 Å². The van der Waals surface area contributed by atoms with Gasteiger partial charge in [-0.3, -0.25) is 4.79 Å². The van der Waals surface area contributed by atoms with Gasteiger partial charge in [0.25, 0.3) is 0 Å². The molecule has 1 saturated heterocycles. The largest absolute Gasteiger partial charge is 0.341 e. The summed E-state index contributed by atoms with van der Waals surface area (Å²) in [6.07, 6.45) is 5.73. The first kappa shape index (κ1) is 12.6. The zero-order valence-corrected chi connectivity index (χ0v) is 11.4. The van der Waals surface area contributed by atoms with Crippen molar-refractivity contribution in [2.24, 2.45) is 18.2 Å². The van der Waals surface area contributed by atoms with Crippen LogP contribution in [0.1, 0.15) is 37.4 Å². The number of carbonyl (C=O) groups excluding carboxylic acids is 1. The van der Waals surface area contributed by atoms with Crippen LogP contribution in [0.15, 0.2) is 6.33 Å². The quantitative estimate of drug-likeness (QED) is 0.848. The second-order valence-corrected chi connectivity index (χ2v) is 5.87. The van der Waals surface area contributed by atoms with Gasteiger partial charge in [-0.1, -0.05) is 0 Å². The van der Waals surface area contributed by atoms with Crippen LogP contribution >= 0.6 is 0 Å². The third-order valence-electron chi connectivity index (χ3n) is 4.52. The maximum Gasteiger partial charge on any atom is 0.230 e. The van der Waals surface area contributed by atoms with Crippen LogP contribution < -0.4 is 5.73 Å². The van der Waals surface area contributed by atoms with Gasteiger partial charge in [-0.05, 0) is 25.7 Å². The Labute approximate surface area is 113 Å². The maximum absolute atomic E-state index is 12.5. The number of nitrogens with zero attached hydrogens (tertiary/aromatic N) is 4. The molecule has 0 radical (unpaired) electrons. The van der Waals surface area contributed by atoms with Crippen LogP contribution in [-0.4, -0.2) is 45.2 Å². The highest BCUT2D eigenvalue weighted by molar-refractivity contribution is 5.85. The van der Waals surface area contributed by atoms with E-state index in [4.69, 9.17) is 5.73 Å². The molecular formula is C13H21N5O. The van der Waals surface area contributed by atoms with Gasteiger partial charge < -0.3 is 15.2 Å². The van der Waals surface area contributed by atoms with Crippen molar-refractivity contribution in [1.82, 2.24) is 19.7 Å². The number of hydrogen-bond donors (Lipinski definition) is 1. The highest BCUT2D eigenvalue weighted by Gasteiger charge is 2.51. The molecule has 3 rings (SSSR count). The third kappa shape index (κ3) is 2.14. The monoisotopic (exact) mass is 263 g/mol. The lowest BCUT2D eigenvalue weighted by molar-refractivity contribution is -0.138. The molecule has 6 nitrogen and oxygen atoms in total. The van der Waals surface area contributed by atoms with Crippen LogP contribution in [0.25, 0.3) is 0 Å². The Morgan fingerprint density at radius 2 is 2.37 bits per heavy atom. The van der Waals surface area contributed by atoms with E-state index >= 15 is 0 Å². The van der Waals surface area contributed by atoms with Crippen molar-refractivity contribution in [3.63, 3.8) is 0 Å². The summed E-state index contributed by atoms with van der Waals surface area (Å²) in [7, 11) is 1.96. The minimum Gasteiger partial charge on any atom is -0.341 e. The molecule has 0 bridgehead atoms. The van der Waals surface area contributed by atoms with Crippen LogP contribution in [0.5, 0.6) is 0 Å². The van der Waals surface area contributed by atoms with Crippen molar-refractivity contribution in [2.75, 3.05) is 19.6 Å². The summed E-state index contributed by atoms with van der Waals surface area (Å²) < 4.78 is 1.95. The number of aryl methyl sites for hydroxylation is 1. The van der Waals surface area contributed by atoms with E-state index in [1.165, 1.54) is 0 Å². The molecule has 2 aliphatic rings. The molecule has 19 heavy (non-hydrogen) atoms. The molecule has 1 unspecified atom stereocenters. The van der Waals surface area contributed by atoms with Crippen LogP contribution in [0.4, 0.5) is 0 Å². The summed E-state index contributed by atoms with van der Waals surface area (Å²) in [5.74, 6) is 1.54. The minimum absolute atomic E-state index is 0.234. The van der Waals surface area contributed by atoms with E-state index in [1.807, 2.05) is 16.5 Å². The lowest BCUT2D eigenvalue weighted by Crippen LogP contribution is -2.45. The molecule has 0 aromatic carbocycles. The van der Waals surface area contributed by atoms with E-state index < -0.39 is 0 Å². The number of amides is 1. The third-order valence-corrected chi connectivity index (χ3v) is 4.52. The zero-order chi connectivity index (χ0) is 13.5. The molecule has 104 valence electrons. The van der Waals surface area contributed by atoms with E-state index in [9.17, 15) is 4.79 Å². The lowest BCUT2D eigenvalue weighted by Gasteiger charge is -2.34. The van der Waals surface area contributed by atoms with Crippen LogP contribution in [-0.2, 0) is 11.8 Å². The van der Waals surface area contributed by atoms with Crippen molar-refractivity contribution in [2.45, 2.75) is 31.6 Å². The smallest absolute Gasteiger partial charge is 0.230 e. The molecule has 1 aliphatic heterocycles. The number of piperidine rings is 1. The van der Waals surface area contributed by atoms with E-state index in [0.717, 1.165) is 44.6 Å². The summed E-state index contributed by atoms with van der Waals surface area (Å²) in [5.41, 5.74) is 5.52. The van der Waals surface area contributed by atoms with Crippen molar-refractivity contribution < 1.29 is 4.79 Å². The first-order valence-electron chi connectivity index (χ1n) is 7.00. The van der Waals surface area contributed by atoms with Crippen molar-refractivity contribution >= 4 is 5.91 Å². The van der Waals surface area contributed by atoms with E-state index in [0.29, 0.717) is 12.5 Å². The molecule has 1 aromatic heterocycles. The molecule has 1 amide bonds.